The molecule has 0 saturated carbocycles. The number of sulfonamides is 1. The average molecular weight is 276 g/mol. The molecular weight excluding hydrogens is 256 g/mol. The predicted molar refractivity (Wildman–Crippen MR) is 67.3 cm³/mol. The summed E-state index contributed by atoms with van der Waals surface area (Å²) in [6, 6.07) is 0.852. The van der Waals surface area contributed by atoms with Crippen molar-refractivity contribution in [1.29, 1.82) is 5.26 Å². The zero-order chi connectivity index (χ0) is 14.2. The first-order chi connectivity index (χ1) is 8.28. The fourth-order valence-corrected chi connectivity index (χ4v) is 2.78. The van der Waals surface area contributed by atoms with Gasteiger partial charge in [0.05, 0.1) is 11.8 Å². The van der Waals surface area contributed by atoms with Crippen LogP contribution in [0.1, 0.15) is 39.5 Å². The third-order valence-electron chi connectivity index (χ3n) is 2.28. The number of carboxylic acids is 1. The van der Waals surface area contributed by atoms with Crippen LogP contribution < -0.4 is 4.72 Å². The summed E-state index contributed by atoms with van der Waals surface area (Å²) in [5.41, 5.74) is 0. The Labute approximate surface area is 108 Å². The van der Waals surface area contributed by atoms with Gasteiger partial charge in [-0.25, -0.2) is 13.1 Å². The second kappa shape index (κ2) is 8.06. The largest absolute Gasteiger partial charge is 0.480 e. The number of rotatable bonds is 9. The van der Waals surface area contributed by atoms with Crippen molar-refractivity contribution in [3.8, 4) is 6.07 Å². The van der Waals surface area contributed by atoms with E-state index in [0.717, 1.165) is 0 Å². The Morgan fingerprint density at radius 2 is 2.00 bits per heavy atom. The topological polar surface area (TPSA) is 107 Å². The summed E-state index contributed by atoms with van der Waals surface area (Å²) in [5.74, 6) is -1.21. The molecule has 0 aromatic rings. The van der Waals surface area contributed by atoms with Crippen molar-refractivity contribution in [2.45, 2.75) is 45.6 Å². The van der Waals surface area contributed by atoms with Gasteiger partial charge in [0.2, 0.25) is 10.0 Å². The third kappa shape index (κ3) is 8.03. The van der Waals surface area contributed by atoms with E-state index >= 15 is 0 Å². The van der Waals surface area contributed by atoms with Crippen LogP contribution in [0.2, 0.25) is 0 Å². The smallest absolute Gasteiger partial charge is 0.321 e. The van der Waals surface area contributed by atoms with Gasteiger partial charge in [-0.3, -0.25) is 4.79 Å². The summed E-state index contributed by atoms with van der Waals surface area (Å²) in [5, 5.41) is 17.2. The van der Waals surface area contributed by atoms with Crippen LogP contribution in [0.5, 0.6) is 0 Å². The van der Waals surface area contributed by atoms with E-state index in [9.17, 15) is 13.2 Å². The third-order valence-corrected chi connectivity index (χ3v) is 3.75. The molecule has 18 heavy (non-hydrogen) atoms. The Hall–Kier alpha value is -1.13. The van der Waals surface area contributed by atoms with Crippen molar-refractivity contribution in [3.05, 3.63) is 0 Å². The van der Waals surface area contributed by atoms with E-state index in [2.05, 4.69) is 4.72 Å². The first-order valence-electron chi connectivity index (χ1n) is 5.88. The molecule has 0 rings (SSSR count). The molecule has 1 unspecified atom stereocenters. The van der Waals surface area contributed by atoms with Crippen LogP contribution >= 0.6 is 0 Å². The van der Waals surface area contributed by atoms with Crippen LogP contribution in [0.15, 0.2) is 0 Å². The highest BCUT2D eigenvalue weighted by molar-refractivity contribution is 7.89. The molecule has 0 aromatic heterocycles. The highest BCUT2D eigenvalue weighted by atomic mass is 32.2. The lowest BCUT2D eigenvalue weighted by Crippen LogP contribution is -2.42. The van der Waals surface area contributed by atoms with Gasteiger partial charge in [-0.15, -0.1) is 0 Å². The molecule has 6 nitrogen and oxygen atoms in total. The van der Waals surface area contributed by atoms with Crippen molar-refractivity contribution >= 4 is 16.0 Å². The number of aliphatic carboxylic acids is 1. The second-order valence-electron chi connectivity index (χ2n) is 4.57. The SMILES string of the molecule is CC(C)CC(NS(=O)(=O)CCCCC#N)C(=O)O. The Balaban J connectivity index is 4.34. The van der Waals surface area contributed by atoms with Crippen molar-refractivity contribution in [1.82, 2.24) is 4.72 Å². The molecule has 2 N–H and O–H groups in total. The van der Waals surface area contributed by atoms with Gasteiger partial charge in [-0.05, 0) is 25.2 Å². The molecule has 0 saturated heterocycles. The standard InChI is InChI=1S/C11H20N2O4S/c1-9(2)8-10(11(14)15)13-18(16,17)7-5-3-4-6-12/h9-10,13H,3-5,7-8H2,1-2H3,(H,14,15). The summed E-state index contributed by atoms with van der Waals surface area (Å²) in [6.45, 7) is 3.66. The number of unbranched alkanes of at least 4 members (excludes halogenated alkanes) is 2. The summed E-state index contributed by atoms with van der Waals surface area (Å²) >= 11 is 0. The number of nitriles is 1. The molecule has 0 heterocycles. The van der Waals surface area contributed by atoms with Gasteiger partial charge in [0.25, 0.3) is 0 Å². The van der Waals surface area contributed by atoms with Gasteiger partial charge in [0, 0.05) is 6.42 Å². The molecular formula is C11H20N2O4S. The van der Waals surface area contributed by atoms with Gasteiger partial charge >= 0.3 is 5.97 Å². The van der Waals surface area contributed by atoms with Crippen LogP contribution in [-0.2, 0) is 14.8 Å². The Morgan fingerprint density at radius 1 is 1.39 bits per heavy atom. The summed E-state index contributed by atoms with van der Waals surface area (Å²) < 4.78 is 25.5. The van der Waals surface area contributed by atoms with E-state index in [-0.39, 0.29) is 18.1 Å². The number of nitrogens with zero attached hydrogens (tertiary/aromatic N) is 1. The minimum absolute atomic E-state index is 0.0902. The van der Waals surface area contributed by atoms with E-state index in [0.29, 0.717) is 19.3 Å². The zero-order valence-corrected chi connectivity index (χ0v) is 11.5. The lowest BCUT2D eigenvalue weighted by molar-refractivity contribution is -0.139. The Bertz CT molecular complexity index is 398. The number of carboxylic acid groups (broad SMARTS) is 1. The molecule has 0 aromatic carbocycles. The first-order valence-corrected chi connectivity index (χ1v) is 7.53. The van der Waals surface area contributed by atoms with Crippen LogP contribution in [0.4, 0.5) is 0 Å². The lowest BCUT2D eigenvalue weighted by atomic mass is 10.1. The summed E-state index contributed by atoms with van der Waals surface area (Å²) in [4.78, 5) is 10.9. The van der Waals surface area contributed by atoms with Crippen molar-refractivity contribution in [2.75, 3.05) is 5.75 Å². The minimum Gasteiger partial charge on any atom is -0.480 e. The van der Waals surface area contributed by atoms with Crippen molar-refractivity contribution < 1.29 is 18.3 Å². The van der Waals surface area contributed by atoms with Gasteiger partial charge in [-0.1, -0.05) is 13.8 Å². The number of hydrogen-bond acceptors (Lipinski definition) is 4. The first kappa shape index (κ1) is 16.9. The molecule has 0 amide bonds. The molecule has 7 heteroatoms. The average Bonchev–Trinajstić information content (AvgIpc) is 2.22. The van der Waals surface area contributed by atoms with E-state index in [4.69, 9.17) is 10.4 Å². The van der Waals surface area contributed by atoms with E-state index < -0.39 is 22.0 Å². The molecule has 0 radical (unpaired) electrons. The van der Waals surface area contributed by atoms with E-state index in [1.165, 1.54) is 0 Å². The van der Waals surface area contributed by atoms with Crippen LogP contribution in [0, 0.1) is 17.2 Å². The lowest BCUT2D eigenvalue weighted by Gasteiger charge is -2.16. The van der Waals surface area contributed by atoms with Gasteiger partial charge in [-0.2, -0.15) is 5.26 Å². The number of nitrogens with one attached hydrogen (secondary N) is 1. The summed E-state index contributed by atoms with van der Waals surface area (Å²) in [6.07, 6.45) is 1.42. The second-order valence-corrected chi connectivity index (χ2v) is 6.45. The van der Waals surface area contributed by atoms with E-state index in [1.807, 2.05) is 19.9 Å². The Kier molecular flexibility index (Phi) is 7.55. The molecule has 0 bridgehead atoms. The molecule has 104 valence electrons. The van der Waals surface area contributed by atoms with Gasteiger partial charge in [0.15, 0.2) is 0 Å². The van der Waals surface area contributed by atoms with Crippen molar-refractivity contribution in [2.24, 2.45) is 5.92 Å². The fraction of sp³-hybridized carbons (Fsp3) is 0.818. The molecule has 1 atom stereocenters. The predicted octanol–water partition coefficient (Wildman–Crippen LogP) is 1.10. The number of carbonyl (C=O) groups is 1. The molecule has 0 aliphatic carbocycles. The normalized spacial score (nSPS) is 13.2. The minimum atomic E-state index is -3.59. The van der Waals surface area contributed by atoms with E-state index in [1.54, 1.807) is 0 Å². The maximum Gasteiger partial charge on any atom is 0.321 e. The zero-order valence-electron chi connectivity index (χ0n) is 10.7. The van der Waals surface area contributed by atoms with Gasteiger partial charge < -0.3 is 5.11 Å². The Morgan fingerprint density at radius 3 is 2.44 bits per heavy atom. The highest BCUT2D eigenvalue weighted by Crippen LogP contribution is 2.07. The molecule has 0 aliphatic rings. The summed E-state index contributed by atoms with van der Waals surface area (Å²) in [7, 11) is -3.59. The maximum atomic E-state index is 11.6. The fourth-order valence-electron chi connectivity index (χ4n) is 1.44. The molecule has 0 fully saturated rings. The maximum absolute atomic E-state index is 11.6. The monoisotopic (exact) mass is 276 g/mol. The van der Waals surface area contributed by atoms with Gasteiger partial charge in [0.1, 0.15) is 6.04 Å². The van der Waals surface area contributed by atoms with Crippen LogP contribution in [0.25, 0.3) is 0 Å². The van der Waals surface area contributed by atoms with Crippen LogP contribution in [0.3, 0.4) is 0 Å². The van der Waals surface area contributed by atoms with Crippen LogP contribution in [-0.4, -0.2) is 31.3 Å². The molecule has 0 aliphatic heterocycles. The van der Waals surface area contributed by atoms with Crippen molar-refractivity contribution in [3.63, 3.8) is 0 Å². The molecule has 0 spiro atoms. The highest BCUT2D eigenvalue weighted by Gasteiger charge is 2.24. The number of hydrogen-bond donors (Lipinski definition) is 2. The quantitative estimate of drug-likeness (QED) is 0.613.